The molecule has 0 spiro atoms. The zero-order valence-corrected chi connectivity index (χ0v) is 13.3. The molecule has 1 nitrogen and oxygen atoms in total. The van der Waals surface area contributed by atoms with E-state index in [0.29, 0.717) is 6.04 Å². The Morgan fingerprint density at radius 2 is 1.50 bits per heavy atom. The Labute approximate surface area is 131 Å². The summed E-state index contributed by atoms with van der Waals surface area (Å²) in [6.45, 7) is 2.00. The summed E-state index contributed by atoms with van der Waals surface area (Å²) >= 11 is 12.6. The average Bonchev–Trinajstić information content (AvgIpc) is 2.38. The van der Waals surface area contributed by atoms with Gasteiger partial charge in [0.2, 0.25) is 0 Å². The van der Waals surface area contributed by atoms with Gasteiger partial charge in [0.05, 0.1) is 10.7 Å². The Hall–Kier alpha value is -0.400. The van der Waals surface area contributed by atoms with E-state index in [1.54, 1.807) is 0 Å². The highest BCUT2D eigenvalue weighted by molar-refractivity contribution is 6.35. The van der Waals surface area contributed by atoms with Crippen LogP contribution in [0.15, 0.2) is 12.1 Å². The van der Waals surface area contributed by atoms with E-state index in [0.717, 1.165) is 45.0 Å². The third kappa shape index (κ3) is 2.14. The summed E-state index contributed by atoms with van der Waals surface area (Å²) in [5, 5.41) is 5.36. The summed E-state index contributed by atoms with van der Waals surface area (Å²) in [6, 6.07) is 4.59. The van der Waals surface area contributed by atoms with Crippen molar-refractivity contribution in [1.82, 2.24) is 0 Å². The Kier molecular flexibility index (Phi) is 3.19. The molecular weight excluding hydrogens is 289 g/mol. The normalized spacial score (nSPS) is 38.2. The minimum atomic E-state index is 0.610. The minimum Gasteiger partial charge on any atom is -0.381 e. The Morgan fingerprint density at radius 3 is 2.10 bits per heavy atom. The van der Waals surface area contributed by atoms with E-state index in [1.165, 1.54) is 32.1 Å². The molecule has 0 unspecified atom stereocenters. The van der Waals surface area contributed by atoms with E-state index in [4.69, 9.17) is 23.2 Å². The summed E-state index contributed by atoms with van der Waals surface area (Å²) in [6.07, 6.45) is 7.17. The maximum atomic E-state index is 6.39. The van der Waals surface area contributed by atoms with Crippen LogP contribution < -0.4 is 5.32 Å². The Morgan fingerprint density at radius 1 is 0.900 bits per heavy atom. The summed E-state index contributed by atoms with van der Waals surface area (Å²) < 4.78 is 0. The van der Waals surface area contributed by atoms with Gasteiger partial charge in [-0.05, 0) is 80.4 Å². The van der Waals surface area contributed by atoms with Crippen molar-refractivity contribution < 1.29 is 0 Å². The van der Waals surface area contributed by atoms with Crippen LogP contribution in [0.1, 0.15) is 37.7 Å². The number of halogens is 2. The molecule has 4 saturated carbocycles. The predicted octanol–water partition coefficient (Wildman–Crippen LogP) is 5.54. The van der Waals surface area contributed by atoms with Gasteiger partial charge in [0.15, 0.2) is 0 Å². The van der Waals surface area contributed by atoms with Crippen LogP contribution in [0.25, 0.3) is 0 Å². The van der Waals surface area contributed by atoms with Crippen molar-refractivity contribution >= 4 is 28.9 Å². The molecule has 4 bridgehead atoms. The molecule has 1 aromatic carbocycles. The minimum absolute atomic E-state index is 0.610. The fourth-order valence-corrected chi connectivity index (χ4v) is 5.53. The molecule has 4 fully saturated rings. The van der Waals surface area contributed by atoms with E-state index in [2.05, 4.69) is 5.32 Å². The molecule has 0 heterocycles. The van der Waals surface area contributed by atoms with Gasteiger partial charge in [-0.2, -0.15) is 0 Å². The highest BCUT2D eigenvalue weighted by atomic mass is 35.5. The smallest absolute Gasteiger partial charge is 0.0641 e. The molecule has 4 aliphatic rings. The molecule has 0 atom stereocenters. The molecule has 20 heavy (non-hydrogen) atoms. The molecule has 1 aromatic rings. The van der Waals surface area contributed by atoms with Crippen LogP contribution in [0.4, 0.5) is 5.69 Å². The van der Waals surface area contributed by atoms with E-state index in [1.807, 2.05) is 19.1 Å². The molecule has 0 aliphatic heterocycles. The lowest BCUT2D eigenvalue weighted by Crippen LogP contribution is -2.51. The topological polar surface area (TPSA) is 12.0 Å². The van der Waals surface area contributed by atoms with Gasteiger partial charge in [-0.1, -0.05) is 23.2 Å². The van der Waals surface area contributed by atoms with E-state index in [9.17, 15) is 0 Å². The van der Waals surface area contributed by atoms with Crippen molar-refractivity contribution in [2.24, 2.45) is 23.7 Å². The molecular formula is C17H21Cl2N. The first kappa shape index (κ1) is 13.3. The number of rotatable bonds is 2. The van der Waals surface area contributed by atoms with E-state index < -0.39 is 0 Å². The van der Waals surface area contributed by atoms with Crippen molar-refractivity contribution in [1.29, 1.82) is 0 Å². The monoisotopic (exact) mass is 309 g/mol. The first-order valence-electron chi connectivity index (χ1n) is 7.82. The second-order valence-electron chi connectivity index (χ2n) is 7.18. The molecule has 0 amide bonds. The Balaban J connectivity index is 1.59. The maximum Gasteiger partial charge on any atom is 0.0641 e. The quantitative estimate of drug-likeness (QED) is 0.756. The molecule has 3 heteroatoms. The van der Waals surface area contributed by atoms with Gasteiger partial charge in [0.25, 0.3) is 0 Å². The first-order valence-corrected chi connectivity index (χ1v) is 8.58. The number of aryl methyl sites for hydroxylation is 1. The lowest BCUT2D eigenvalue weighted by Gasteiger charge is -2.54. The first-order chi connectivity index (χ1) is 9.60. The van der Waals surface area contributed by atoms with Gasteiger partial charge in [0, 0.05) is 11.1 Å². The SMILES string of the molecule is Cc1cc(Cl)c(NC2C3CC4CC(C3)CC2C4)cc1Cl. The highest BCUT2D eigenvalue weighted by Crippen LogP contribution is 2.54. The van der Waals surface area contributed by atoms with Crippen molar-refractivity contribution in [3.63, 3.8) is 0 Å². The van der Waals surface area contributed by atoms with Crippen LogP contribution in [0.3, 0.4) is 0 Å². The zero-order valence-electron chi connectivity index (χ0n) is 11.8. The van der Waals surface area contributed by atoms with Crippen LogP contribution >= 0.6 is 23.2 Å². The van der Waals surface area contributed by atoms with Crippen LogP contribution in [0, 0.1) is 30.6 Å². The lowest BCUT2D eigenvalue weighted by atomic mass is 9.54. The second-order valence-corrected chi connectivity index (χ2v) is 8.00. The molecule has 1 N–H and O–H groups in total. The Bertz CT molecular complexity index is 512. The molecule has 108 valence electrons. The molecule has 0 saturated heterocycles. The van der Waals surface area contributed by atoms with Crippen molar-refractivity contribution in [3.8, 4) is 0 Å². The maximum absolute atomic E-state index is 6.39. The number of nitrogens with one attached hydrogen (secondary N) is 1. The highest BCUT2D eigenvalue weighted by Gasteiger charge is 2.48. The fourth-order valence-electron chi connectivity index (χ4n) is 5.10. The number of hydrogen-bond acceptors (Lipinski definition) is 1. The summed E-state index contributed by atoms with van der Waals surface area (Å²) in [4.78, 5) is 0. The summed E-state index contributed by atoms with van der Waals surface area (Å²) in [5.74, 6) is 3.71. The molecule has 5 rings (SSSR count). The summed E-state index contributed by atoms with van der Waals surface area (Å²) in [5.41, 5.74) is 2.08. The molecule has 0 radical (unpaired) electrons. The van der Waals surface area contributed by atoms with Crippen LogP contribution in [-0.2, 0) is 0 Å². The number of hydrogen-bond donors (Lipinski definition) is 1. The number of benzene rings is 1. The van der Waals surface area contributed by atoms with Gasteiger partial charge in [-0.15, -0.1) is 0 Å². The molecule has 0 aromatic heterocycles. The van der Waals surface area contributed by atoms with Gasteiger partial charge in [0.1, 0.15) is 0 Å². The fraction of sp³-hybridized carbons (Fsp3) is 0.647. The van der Waals surface area contributed by atoms with Crippen LogP contribution in [0.2, 0.25) is 10.0 Å². The van der Waals surface area contributed by atoms with E-state index >= 15 is 0 Å². The van der Waals surface area contributed by atoms with Crippen molar-refractivity contribution in [3.05, 3.63) is 27.7 Å². The van der Waals surface area contributed by atoms with Gasteiger partial charge >= 0.3 is 0 Å². The van der Waals surface area contributed by atoms with Gasteiger partial charge in [-0.3, -0.25) is 0 Å². The second kappa shape index (κ2) is 4.81. The lowest BCUT2D eigenvalue weighted by molar-refractivity contribution is 0.00754. The average molecular weight is 310 g/mol. The predicted molar refractivity (Wildman–Crippen MR) is 85.7 cm³/mol. The van der Waals surface area contributed by atoms with Crippen LogP contribution in [0.5, 0.6) is 0 Å². The van der Waals surface area contributed by atoms with E-state index in [-0.39, 0.29) is 0 Å². The largest absolute Gasteiger partial charge is 0.381 e. The van der Waals surface area contributed by atoms with Gasteiger partial charge < -0.3 is 5.32 Å². The zero-order chi connectivity index (χ0) is 13.9. The third-order valence-corrected chi connectivity index (χ3v) is 6.52. The standard InChI is InChI=1S/C17H21Cl2N/c1-9-2-15(19)16(8-14(9)18)20-17-12-4-10-3-11(6-12)7-13(17)5-10/h2,8,10-13,17,20H,3-7H2,1H3. The van der Waals surface area contributed by atoms with Crippen LogP contribution in [-0.4, -0.2) is 6.04 Å². The van der Waals surface area contributed by atoms with Gasteiger partial charge in [-0.25, -0.2) is 0 Å². The van der Waals surface area contributed by atoms with Crippen molar-refractivity contribution in [2.45, 2.75) is 45.1 Å². The number of anilines is 1. The summed E-state index contributed by atoms with van der Waals surface area (Å²) in [7, 11) is 0. The third-order valence-electron chi connectivity index (χ3n) is 5.80. The van der Waals surface area contributed by atoms with Crippen molar-refractivity contribution in [2.75, 3.05) is 5.32 Å². The molecule has 4 aliphatic carbocycles.